The highest BCUT2D eigenvalue weighted by Gasteiger charge is 2.32. The van der Waals surface area contributed by atoms with Crippen molar-refractivity contribution >= 4 is 68.1 Å². The van der Waals surface area contributed by atoms with Gasteiger partial charge in [0.25, 0.3) is 11.8 Å². The molecule has 186 valence electrons. The number of amides is 2. The molecule has 0 aliphatic carbocycles. The van der Waals surface area contributed by atoms with Gasteiger partial charge in [-0.2, -0.15) is 0 Å². The zero-order valence-electron chi connectivity index (χ0n) is 19.7. The summed E-state index contributed by atoms with van der Waals surface area (Å²) in [5, 5.41) is 0. The van der Waals surface area contributed by atoms with Crippen molar-refractivity contribution in [2.45, 2.75) is 33.6 Å². The second-order valence-corrected chi connectivity index (χ2v) is 9.66. The average molecular weight is 574 g/mol. The number of carbonyl (C=O) groups is 3. The van der Waals surface area contributed by atoms with Gasteiger partial charge in [-0.05, 0) is 66.9 Å². The van der Waals surface area contributed by atoms with E-state index in [1.807, 2.05) is 13.8 Å². The summed E-state index contributed by atoms with van der Waals surface area (Å²) in [4.78, 5) is 40.3. The number of esters is 1. The number of thiocarbonyl (C=S) groups is 1. The maximum Gasteiger partial charge on any atom is 0.305 e. The van der Waals surface area contributed by atoms with Crippen molar-refractivity contribution < 1.29 is 28.6 Å². The van der Waals surface area contributed by atoms with Crippen LogP contribution in [0.2, 0.25) is 0 Å². The highest BCUT2D eigenvalue weighted by atomic mass is 79.9. The van der Waals surface area contributed by atoms with Crippen molar-refractivity contribution in [2.24, 2.45) is 0 Å². The van der Waals surface area contributed by atoms with Crippen LogP contribution in [0.15, 0.2) is 21.5 Å². The van der Waals surface area contributed by atoms with Crippen LogP contribution in [0.3, 0.4) is 0 Å². The van der Waals surface area contributed by atoms with Gasteiger partial charge in [-0.3, -0.25) is 19.3 Å². The highest BCUT2D eigenvalue weighted by molar-refractivity contribution is 9.10. The van der Waals surface area contributed by atoms with Crippen molar-refractivity contribution in [1.82, 2.24) is 9.80 Å². The fourth-order valence-corrected chi connectivity index (χ4v) is 5.11. The van der Waals surface area contributed by atoms with Gasteiger partial charge in [-0.25, -0.2) is 0 Å². The molecule has 34 heavy (non-hydrogen) atoms. The summed E-state index contributed by atoms with van der Waals surface area (Å²) in [5.74, 6) is 0.222. The minimum absolute atomic E-state index is 0.111. The molecule has 0 unspecified atom stereocenters. The van der Waals surface area contributed by atoms with Gasteiger partial charge in [-0.1, -0.05) is 24.0 Å². The minimum Gasteiger partial charge on any atom is -0.493 e. The first-order valence-corrected chi connectivity index (χ1v) is 13.0. The number of methoxy groups -OCH3 is 1. The van der Waals surface area contributed by atoms with Gasteiger partial charge in [-0.15, -0.1) is 0 Å². The number of ether oxygens (including phenoxy) is 3. The Balaban J connectivity index is 2.12. The summed E-state index contributed by atoms with van der Waals surface area (Å²) in [6.07, 6.45) is 2.42. The second kappa shape index (κ2) is 13.7. The van der Waals surface area contributed by atoms with E-state index in [1.54, 1.807) is 30.0 Å². The summed E-state index contributed by atoms with van der Waals surface area (Å²) in [6, 6.07) is 3.52. The Labute approximate surface area is 218 Å². The molecular formula is C23H29BrN2O6S2. The van der Waals surface area contributed by atoms with E-state index >= 15 is 0 Å². The molecule has 11 heteroatoms. The summed E-state index contributed by atoms with van der Waals surface area (Å²) in [6.45, 7) is 7.36. The molecule has 1 aliphatic rings. The Morgan fingerprint density at radius 1 is 1.24 bits per heavy atom. The normalized spacial score (nSPS) is 14.5. The van der Waals surface area contributed by atoms with E-state index in [4.69, 9.17) is 26.4 Å². The fourth-order valence-electron chi connectivity index (χ4n) is 3.22. The first-order valence-electron chi connectivity index (χ1n) is 10.9. The molecule has 0 radical (unpaired) electrons. The molecule has 1 aromatic carbocycles. The Hall–Kier alpha value is -2.11. The fraction of sp³-hybridized carbons (Fsp3) is 0.478. The van der Waals surface area contributed by atoms with E-state index < -0.39 is 0 Å². The molecular weight excluding hydrogens is 544 g/mol. The van der Waals surface area contributed by atoms with Gasteiger partial charge in [0, 0.05) is 26.1 Å². The number of benzene rings is 1. The molecule has 0 saturated carbocycles. The number of rotatable bonds is 12. The Kier molecular flexibility index (Phi) is 11.3. The largest absolute Gasteiger partial charge is 0.493 e. The lowest BCUT2D eigenvalue weighted by Crippen LogP contribution is -2.34. The molecule has 1 fully saturated rings. The predicted octanol–water partition coefficient (Wildman–Crippen LogP) is 4.25. The molecule has 8 nitrogen and oxygen atoms in total. The number of thioether (sulfide) groups is 1. The van der Waals surface area contributed by atoms with Crippen LogP contribution < -0.4 is 9.47 Å². The molecule has 2 amide bonds. The highest BCUT2D eigenvalue weighted by Crippen LogP contribution is 2.39. The van der Waals surface area contributed by atoms with Gasteiger partial charge in [0.2, 0.25) is 0 Å². The lowest BCUT2D eigenvalue weighted by molar-refractivity contribution is -0.143. The topological polar surface area (TPSA) is 85.4 Å². The van der Waals surface area contributed by atoms with Crippen molar-refractivity contribution in [3.63, 3.8) is 0 Å². The second-order valence-electron chi connectivity index (χ2n) is 7.13. The summed E-state index contributed by atoms with van der Waals surface area (Å²) in [5.41, 5.74) is 0.707. The van der Waals surface area contributed by atoms with E-state index in [2.05, 4.69) is 15.9 Å². The van der Waals surface area contributed by atoms with Crippen molar-refractivity contribution in [3.8, 4) is 11.5 Å². The summed E-state index contributed by atoms with van der Waals surface area (Å²) in [7, 11) is 1.51. The third kappa shape index (κ3) is 7.44. The number of halogens is 1. The van der Waals surface area contributed by atoms with Crippen LogP contribution >= 0.6 is 39.9 Å². The third-order valence-corrected chi connectivity index (χ3v) is 6.91. The van der Waals surface area contributed by atoms with Gasteiger partial charge in [0.15, 0.2) is 18.1 Å². The number of hydrogen-bond donors (Lipinski definition) is 0. The maximum atomic E-state index is 12.8. The van der Waals surface area contributed by atoms with Crippen LogP contribution in [0.4, 0.5) is 0 Å². The number of likely N-dealkylation sites (N-methyl/N-ethyl adjacent to an activating group) is 1. The SMILES string of the molecule is CCOC(=O)CCCN1C(=O)/C(=C\c2cc(Br)c(OCC(=O)N(CC)CC)c(OC)c2)SC1=S. The van der Waals surface area contributed by atoms with Crippen LogP contribution in [0.1, 0.15) is 39.2 Å². The molecule has 0 spiro atoms. The molecule has 0 aromatic heterocycles. The van der Waals surface area contributed by atoms with E-state index in [0.29, 0.717) is 63.4 Å². The molecule has 1 saturated heterocycles. The van der Waals surface area contributed by atoms with Gasteiger partial charge < -0.3 is 19.1 Å². The van der Waals surface area contributed by atoms with Crippen LogP contribution in [-0.2, 0) is 19.1 Å². The number of carbonyl (C=O) groups excluding carboxylic acids is 3. The van der Waals surface area contributed by atoms with Gasteiger partial charge in [0.1, 0.15) is 4.32 Å². The van der Waals surface area contributed by atoms with E-state index in [0.717, 1.165) is 0 Å². The van der Waals surface area contributed by atoms with Crippen molar-refractivity contribution in [1.29, 1.82) is 0 Å². The molecule has 1 aliphatic heterocycles. The maximum absolute atomic E-state index is 12.8. The number of nitrogens with zero attached hydrogens (tertiary/aromatic N) is 2. The molecule has 1 heterocycles. The van der Waals surface area contributed by atoms with E-state index in [9.17, 15) is 14.4 Å². The lowest BCUT2D eigenvalue weighted by atomic mass is 10.1. The van der Waals surface area contributed by atoms with Gasteiger partial charge in [0.05, 0.1) is 23.1 Å². The minimum atomic E-state index is -0.290. The Bertz CT molecular complexity index is 965. The van der Waals surface area contributed by atoms with Crippen LogP contribution in [0.5, 0.6) is 11.5 Å². The monoisotopic (exact) mass is 572 g/mol. The molecule has 1 aromatic rings. The molecule has 2 rings (SSSR count). The summed E-state index contributed by atoms with van der Waals surface area (Å²) >= 11 is 10.0. The van der Waals surface area contributed by atoms with Gasteiger partial charge >= 0.3 is 5.97 Å². The average Bonchev–Trinajstić information content (AvgIpc) is 3.06. The zero-order valence-corrected chi connectivity index (χ0v) is 22.9. The third-order valence-electron chi connectivity index (χ3n) is 4.95. The quantitative estimate of drug-likeness (QED) is 0.209. The smallest absolute Gasteiger partial charge is 0.305 e. The molecule has 0 bridgehead atoms. The predicted molar refractivity (Wildman–Crippen MR) is 140 cm³/mol. The summed E-state index contributed by atoms with van der Waals surface area (Å²) < 4.78 is 17.2. The standard InChI is InChI=1S/C23H29BrN2O6S2/c1-5-25(6-2)19(27)14-32-21-16(24)11-15(12-17(21)30-4)13-18-22(29)26(23(33)34-18)10-8-9-20(28)31-7-3/h11-13H,5-10,14H2,1-4H3/b18-13+. The van der Waals surface area contributed by atoms with Crippen molar-refractivity contribution in [2.75, 3.05) is 40.0 Å². The first kappa shape index (κ1) is 28.1. The zero-order chi connectivity index (χ0) is 25.3. The number of hydrogen-bond acceptors (Lipinski definition) is 8. The van der Waals surface area contributed by atoms with Crippen LogP contribution in [0.25, 0.3) is 6.08 Å². The lowest BCUT2D eigenvalue weighted by Gasteiger charge is -2.20. The molecule has 0 N–H and O–H groups in total. The van der Waals surface area contributed by atoms with Crippen LogP contribution in [0, 0.1) is 0 Å². The van der Waals surface area contributed by atoms with Crippen molar-refractivity contribution in [3.05, 3.63) is 27.1 Å². The van der Waals surface area contributed by atoms with E-state index in [-0.39, 0.29) is 30.8 Å². The van der Waals surface area contributed by atoms with Crippen LogP contribution in [-0.4, -0.2) is 71.9 Å². The molecule has 0 atom stereocenters. The first-order chi connectivity index (χ1) is 16.2. The van der Waals surface area contributed by atoms with E-state index in [1.165, 1.54) is 23.8 Å². The Morgan fingerprint density at radius 2 is 1.94 bits per heavy atom. The Morgan fingerprint density at radius 3 is 2.56 bits per heavy atom.